The molecule has 1 amide bonds. The van der Waals surface area contributed by atoms with E-state index in [9.17, 15) is 4.79 Å². The second-order valence-corrected chi connectivity index (χ2v) is 13.6. The molecule has 5 rings (SSSR count). The van der Waals surface area contributed by atoms with Gasteiger partial charge in [0.25, 0.3) is 0 Å². The molecule has 4 heteroatoms. The molecule has 47 heavy (non-hydrogen) atoms. The zero-order valence-electron chi connectivity index (χ0n) is 29.3. The molecule has 2 aliphatic rings. The lowest BCUT2D eigenvalue weighted by atomic mass is 9.80. The molecule has 1 saturated heterocycles. The van der Waals surface area contributed by atoms with E-state index in [2.05, 4.69) is 125 Å². The van der Waals surface area contributed by atoms with Crippen LogP contribution >= 0.6 is 0 Å². The quantitative estimate of drug-likeness (QED) is 0.200. The van der Waals surface area contributed by atoms with Gasteiger partial charge in [-0.1, -0.05) is 94.8 Å². The third kappa shape index (κ3) is 8.86. The molecule has 3 aromatic rings. The van der Waals surface area contributed by atoms with E-state index in [-0.39, 0.29) is 12.0 Å². The summed E-state index contributed by atoms with van der Waals surface area (Å²) < 4.78 is 12.5. The molecule has 0 saturated carbocycles. The Labute approximate surface area is 283 Å². The normalized spacial score (nSPS) is 17.3. The summed E-state index contributed by atoms with van der Waals surface area (Å²) in [5, 5.41) is 0. The number of aryl methyl sites for hydroxylation is 2. The number of hydrogen-bond donors (Lipinski definition) is 0. The van der Waals surface area contributed by atoms with Crippen molar-refractivity contribution in [3.8, 4) is 16.9 Å². The molecule has 4 nitrogen and oxygen atoms in total. The molecule has 2 unspecified atom stereocenters. The first-order valence-electron chi connectivity index (χ1n) is 17.7. The first-order chi connectivity index (χ1) is 22.7. The molecule has 1 aliphatic heterocycles. The highest BCUT2D eigenvalue weighted by Crippen LogP contribution is 2.31. The van der Waals surface area contributed by atoms with Crippen LogP contribution in [0.2, 0.25) is 0 Å². The predicted octanol–water partition coefficient (Wildman–Crippen LogP) is 10.5. The summed E-state index contributed by atoms with van der Waals surface area (Å²) in [4.78, 5) is 15.4. The van der Waals surface area contributed by atoms with Crippen molar-refractivity contribution in [2.75, 3.05) is 13.1 Å². The summed E-state index contributed by atoms with van der Waals surface area (Å²) in [6.45, 7) is 15.2. The minimum absolute atomic E-state index is 0.116. The lowest BCUT2D eigenvalue weighted by Gasteiger charge is -2.36. The topological polar surface area (TPSA) is 38.8 Å². The minimum atomic E-state index is 0.116. The molecule has 0 spiro atoms. The lowest BCUT2D eigenvalue weighted by Crippen LogP contribution is -2.46. The zero-order chi connectivity index (χ0) is 33.3. The Morgan fingerprint density at radius 3 is 2.28 bits per heavy atom. The van der Waals surface area contributed by atoms with E-state index in [1.54, 1.807) is 0 Å². The summed E-state index contributed by atoms with van der Waals surface area (Å²) in [6.07, 6.45) is 13.3. The van der Waals surface area contributed by atoms with Gasteiger partial charge in [0.2, 0.25) is 5.91 Å². The number of ether oxygens (including phenoxy) is 2. The average Bonchev–Trinajstić information content (AvgIpc) is 3.35. The van der Waals surface area contributed by atoms with Gasteiger partial charge in [-0.05, 0) is 108 Å². The lowest BCUT2D eigenvalue weighted by molar-refractivity contribution is -0.139. The van der Waals surface area contributed by atoms with Crippen LogP contribution in [-0.2, 0) is 16.1 Å². The van der Waals surface area contributed by atoms with Crippen molar-refractivity contribution in [3.63, 3.8) is 0 Å². The van der Waals surface area contributed by atoms with E-state index in [4.69, 9.17) is 9.47 Å². The Bertz CT molecular complexity index is 1590. The van der Waals surface area contributed by atoms with Crippen LogP contribution in [-0.4, -0.2) is 30.0 Å². The number of carbonyl (C=O) groups excluding carboxylic acids is 1. The van der Waals surface area contributed by atoms with Crippen LogP contribution in [0.4, 0.5) is 0 Å². The Morgan fingerprint density at radius 2 is 1.57 bits per heavy atom. The number of amides is 1. The third-order valence-corrected chi connectivity index (χ3v) is 10.5. The van der Waals surface area contributed by atoms with Gasteiger partial charge in [-0.3, -0.25) is 4.79 Å². The van der Waals surface area contributed by atoms with Crippen molar-refractivity contribution >= 4 is 11.5 Å². The van der Waals surface area contributed by atoms with Crippen LogP contribution in [0, 0.1) is 31.6 Å². The van der Waals surface area contributed by atoms with E-state index in [1.165, 1.54) is 33.4 Å². The summed E-state index contributed by atoms with van der Waals surface area (Å²) in [7, 11) is 0. The van der Waals surface area contributed by atoms with Gasteiger partial charge in [-0.25, -0.2) is 0 Å². The highest BCUT2D eigenvalue weighted by atomic mass is 16.5. The first kappa shape index (κ1) is 34.3. The van der Waals surface area contributed by atoms with Crippen molar-refractivity contribution in [1.29, 1.82) is 0 Å². The maximum atomic E-state index is 13.3. The van der Waals surface area contributed by atoms with E-state index < -0.39 is 0 Å². The molecule has 1 heterocycles. The summed E-state index contributed by atoms with van der Waals surface area (Å²) in [5.41, 5.74) is 8.72. The first-order valence-corrected chi connectivity index (χ1v) is 17.7. The van der Waals surface area contributed by atoms with Crippen LogP contribution < -0.4 is 4.74 Å². The van der Waals surface area contributed by atoms with Crippen LogP contribution in [0.25, 0.3) is 16.7 Å². The smallest absolute Gasteiger partial charge is 0.225 e. The van der Waals surface area contributed by atoms with E-state index in [0.717, 1.165) is 62.3 Å². The average molecular weight is 632 g/mol. The molecule has 0 bridgehead atoms. The highest BCUT2D eigenvalue weighted by Gasteiger charge is 2.32. The molecule has 1 fully saturated rings. The van der Waals surface area contributed by atoms with E-state index in [1.807, 2.05) is 12.1 Å². The maximum absolute atomic E-state index is 13.3. The Morgan fingerprint density at radius 1 is 0.851 bits per heavy atom. The molecule has 1 aliphatic carbocycles. The number of piperidine rings is 1. The Balaban J connectivity index is 1.11. The maximum Gasteiger partial charge on any atom is 0.225 e. The van der Waals surface area contributed by atoms with Gasteiger partial charge in [0, 0.05) is 31.8 Å². The molecule has 3 atom stereocenters. The van der Waals surface area contributed by atoms with E-state index in [0.29, 0.717) is 24.3 Å². The number of likely N-dealkylation sites (tertiary alicyclic amines) is 1. The Kier molecular flexibility index (Phi) is 11.8. The van der Waals surface area contributed by atoms with Crippen molar-refractivity contribution in [3.05, 3.63) is 119 Å². The number of rotatable bonds is 12. The van der Waals surface area contributed by atoms with Crippen LogP contribution in [0.5, 0.6) is 5.75 Å². The fraction of sp³-hybridized carbons (Fsp3) is 0.419. The van der Waals surface area contributed by atoms with Crippen molar-refractivity contribution < 1.29 is 14.3 Å². The number of hydrogen-bond acceptors (Lipinski definition) is 3. The minimum Gasteiger partial charge on any atom is -0.490 e. The van der Waals surface area contributed by atoms with Crippen molar-refractivity contribution in [2.45, 2.75) is 86.4 Å². The van der Waals surface area contributed by atoms with Crippen LogP contribution in [0.1, 0.15) is 82.1 Å². The molecular formula is C43H53NO3. The predicted molar refractivity (Wildman–Crippen MR) is 195 cm³/mol. The molecule has 0 N–H and O–H groups in total. The monoisotopic (exact) mass is 631 g/mol. The second-order valence-electron chi connectivity index (χ2n) is 13.6. The summed E-state index contributed by atoms with van der Waals surface area (Å²) >= 11 is 0. The molecule has 0 aromatic heterocycles. The van der Waals surface area contributed by atoms with Gasteiger partial charge >= 0.3 is 0 Å². The van der Waals surface area contributed by atoms with Crippen molar-refractivity contribution in [2.24, 2.45) is 17.8 Å². The summed E-state index contributed by atoms with van der Waals surface area (Å²) in [6, 6.07) is 23.7. The van der Waals surface area contributed by atoms with Gasteiger partial charge < -0.3 is 14.4 Å². The molecule has 248 valence electrons. The van der Waals surface area contributed by atoms with Gasteiger partial charge in [0.05, 0.1) is 0 Å². The Hall–Kier alpha value is -4.05. The fourth-order valence-electron chi connectivity index (χ4n) is 6.73. The fourth-order valence-corrected chi connectivity index (χ4v) is 6.73. The SMILES string of the molecule is CCC(C)[C@@H](C)C(CC)C(=O)N1CCC(Oc2ccc(COC3=CC=C(c4cccc(-c5ccc(C)c(C)c5)c4)CC=C3)cc2)CC1. The third-order valence-electron chi connectivity index (χ3n) is 10.5. The van der Waals surface area contributed by atoms with Gasteiger partial charge in [-0.2, -0.15) is 0 Å². The van der Waals surface area contributed by atoms with Crippen molar-refractivity contribution in [1.82, 2.24) is 4.90 Å². The standard InChI is InChI=1S/C43H53NO3/c1-7-30(3)33(6)42(8-2)43(45)44-25-23-41(24-26-44)47-40-20-16-34(17-21-40)29-46-39-14-10-11-35(19-22-39)36-12-9-13-37(28-36)38-18-15-31(4)32(5)27-38/h9-10,12-22,27-28,30,33,41-42H,7-8,11,23-26,29H2,1-6H3/t30?,33-,42?/m1/s1. The largest absolute Gasteiger partial charge is 0.490 e. The van der Waals surface area contributed by atoms with E-state index >= 15 is 0 Å². The molecular weight excluding hydrogens is 578 g/mol. The van der Waals surface area contributed by atoms with Gasteiger partial charge in [0.1, 0.15) is 24.2 Å². The number of carbonyl (C=O) groups is 1. The van der Waals surface area contributed by atoms with Gasteiger partial charge in [0.15, 0.2) is 0 Å². The number of benzene rings is 3. The van der Waals surface area contributed by atoms with Crippen LogP contribution in [0.15, 0.2) is 96.8 Å². The highest BCUT2D eigenvalue weighted by molar-refractivity contribution is 5.79. The second kappa shape index (κ2) is 16.2. The molecule has 0 radical (unpaired) electrons. The van der Waals surface area contributed by atoms with Gasteiger partial charge in [-0.15, -0.1) is 0 Å². The molecule has 3 aromatic carbocycles. The number of allylic oxidation sites excluding steroid dienone is 5. The number of nitrogens with zero attached hydrogens (tertiary/aromatic N) is 1. The zero-order valence-corrected chi connectivity index (χ0v) is 29.3. The van der Waals surface area contributed by atoms with Crippen LogP contribution in [0.3, 0.4) is 0 Å². The summed E-state index contributed by atoms with van der Waals surface area (Å²) in [5.74, 6) is 3.15.